The number of carbonyl (C=O) groups is 1. The van der Waals surface area contributed by atoms with Gasteiger partial charge in [-0.2, -0.15) is 0 Å². The summed E-state index contributed by atoms with van der Waals surface area (Å²) in [5.74, 6) is -0.827. The first-order chi connectivity index (χ1) is 8.15. The van der Waals surface area contributed by atoms with Crippen LogP contribution in [0, 0.1) is 12.8 Å². The molecule has 0 saturated carbocycles. The lowest BCUT2D eigenvalue weighted by atomic mass is 9.89. The van der Waals surface area contributed by atoms with Gasteiger partial charge in [0.05, 0.1) is 5.92 Å². The van der Waals surface area contributed by atoms with Crippen LogP contribution in [0.4, 0.5) is 0 Å². The topological polar surface area (TPSA) is 49.3 Å². The summed E-state index contributed by atoms with van der Waals surface area (Å²) in [5, 5.41) is 12.4. The van der Waals surface area contributed by atoms with Gasteiger partial charge in [0, 0.05) is 6.04 Å². The van der Waals surface area contributed by atoms with Crippen LogP contribution in [0.1, 0.15) is 24.0 Å². The molecule has 3 heteroatoms. The van der Waals surface area contributed by atoms with E-state index in [1.165, 1.54) is 11.1 Å². The van der Waals surface area contributed by atoms with Crippen molar-refractivity contribution in [3.05, 3.63) is 35.4 Å². The fourth-order valence-corrected chi connectivity index (χ4v) is 2.51. The molecule has 0 spiro atoms. The van der Waals surface area contributed by atoms with E-state index in [0.717, 1.165) is 25.8 Å². The van der Waals surface area contributed by atoms with Crippen LogP contribution in [0.2, 0.25) is 0 Å². The Morgan fingerprint density at radius 1 is 1.53 bits per heavy atom. The number of hydrogen-bond donors (Lipinski definition) is 2. The van der Waals surface area contributed by atoms with Crippen molar-refractivity contribution in [3.8, 4) is 0 Å². The molecule has 1 aromatic rings. The molecule has 1 aliphatic rings. The van der Waals surface area contributed by atoms with Gasteiger partial charge in [0.2, 0.25) is 0 Å². The summed E-state index contributed by atoms with van der Waals surface area (Å²) < 4.78 is 0. The Kier molecular flexibility index (Phi) is 3.79. The minimum atomic E-state index is -0.652. The van der Waals surface area contributed by atoms with Gasteiger partial charge >= 0.3 is 5.97 Å². The summed E-state index contributed by atoms with van der Waals surface area (Å²) >= 11 is 0. The molecule has 0 radical (unpaired) electrons. The van der Waals surface area contributed by atoms with Crippen molar-refractivity contribution in [1.29, 1.82) is 0 Å². The fraction of sp³-hybridized carbons (Fsp3) is 0.500. The molecule has 1 heterocycles. The van der Waals surface area contributed by atoms with Gasteiger partial charge in [0.1, 0.15) is 0 Å². The number of benzene rings is 1. The molecule has 2 unspecified atom stereocenters. The lowest BCUT2D eigenvalue weighted by molar-refractivity contribution is -0.142. The Labute approximate surface area is 102 Å². The molecule has 0 bridgehead atoms. The number of aryl methyl sites for hydroxylation is 1. The van der Waals surface area contributed by atoms with Crippen LogP contribution < -0.4 is 5.32 Å². The van der Waals surface area contributed by atoms with Crippen LogP contribution in [-0.2, 0) is 11.2 Å². The monoisotopic (exact) mass is 233 g/mol. The maximum atomic E-state index is 11.0. The normalized spacial score (nSPS) is 24.5. The van der Waals surface area contributed by atoms with Crippen LogP contribution in [0.15, 0.2) is 24.3 Å². The summed E-state index contributed by atoms with van der Waals surface area (Å²) in [7, 11) is 0. The Bertz CT molecular complexity index is 403. The maximum absolute atomic E-state index is 11.0. The molecule has 0 aromatic heterocycles. The summed E-state index contributed by atoms with van der Waals surface area (Å²) in [6, 6.07) is 8.72. The van der Waals surface area contributed by atoms with Gasteiger partial charge in [-0.25, -0.2) is 0 Å². The standard InChI is InChI=1S/C14H19NO2/c1-10-3-2-4-11(7-10)8-13-9-12(14(16)17)5-6-15-13/h2-4,7,12-13,15H,5-6,8-9H2,1H3,(H,16,17). The van der Waals surface area contributed by atoms with Crippen LogP contribution in [0.3, 0.4) is 0 Å². The number of nitrogens with one attached hydrogen (secondary N) is 1. The van der Waals surface area contributed by atoms with Crippen molar-refractivity contribution < 1.29 is 9.90 Å². The van der Waals surface area contributed by atoms with Gasteiger partial charge in [0.25, 0.3) is 0 Å². The number of aliphatic carboxylic acids is 1. The number of rotatable bonds is 3. The van der Waals surface area contributed by atoms with Crippen molar-refractivity contribution in [2.24, 2.45) is 5.92 Å². The van der Waals surface area contributed by atoms with E-state index in [9.17, 15) is 4.79 Å². The zero-order chi connectivity index (χ0) is 12.3. The van der Waals surface area contributed by atoms with Gasteiger partial charge in [-0.05, 0) is 38.3 Å². The highest BCUT2D eigenvalue weighted by Crippen LogP contribution is 2.19. The fourth-order valence-electron chi connectivity index (χ4n) is 2.51. The maximum Gasteiger partial charge on any atom is 0.306 e. The molecule has 2 rings (SSSR count). The number of carboxylic acid groups (broad SMARTS) is 1. The Morgan fingerprint density at radius 3 is 3.06 bits per heavy atom. The summed E-state index contributed by atoms with van der Waals surface area (Å²) in [4.78, 5) is 11.0. The van der Waals surface area contributed by atoms with Crippen molar-refractivity contribution >= 4 is 5.97 Å². The van der Waals surface area contributed by atoms with E-state index in [2.05, 4.69) is 36.5 Å². The first-order valence-corrected chi connectivity index (χ1v) is 6.17. The van der Waals surface area contributed by atoms with Crippen molar-refractivity contribution in [2.45, 2.75) is 32.2 Å². The van der Waals surface area contributed by atoms with Gasteiger partial charge < -0.3 is 10.4 Å². The second kappa shape index (κ2) is 5.32. The van der Waals surface area contributed by atoms with Crippen molar-refractivity contribution in [3.63, 3.8) is 0 Å². The lowest BCUT2D eigenvalue weighted by Gasteiger charge is -2.28. The van der Waals surface area contributed by atoms with E-state index in [-0.39, 0.29) is 5.92 Å². The Balaban J connectivity index is 1.97. The van der Waals surface area contributed by atoms with E-state index >= 15 is 0 Å². The third-order valence-corrected chi connectivity index (χ3v) is 3.41. The molecular formula is C14H19NO2. The van der Waals surface area contributed by atoms with Crippen LogP contribution >= 0.6 is 0 Å². The highest BCUT2D eigenvalue weighted by molar-refractivity contribution is 5.70. The van der Waals surface area contributed by atoms with Gasteiger partial charge in [-0.1, -0.05) is 29.8 Å². The Morgan fingerprint density at radius 2 is 2.35 bits per heavy atom. The molecule has 3 nitrogen and oxygen atoms in total. The van der Waals surface area contributed by atoms with Gasteiger partial charge in [0.15, 0.2) is 0 Å². The second-order valence-electron chi connectivity index (χ2n) is 4.90. The highest BCUT2D eigenvalue weighted by Gasteiger charge is 2.26. The average molecular weight is 233 g/mol. The molecule has 92 valence electrons. The first kappa shape index (κ1) is 12.1. The van der Waals surface area contributed by atoms with E-state index in [4.69, 9.17) is 5.11 Å². The largest absolute Gasteiger partial charge is 0.481 e. The average Bonchev–Trinajstić information content (AvgIpc) is 2.29. The third kappa shape index (κ3) is 3.30. The van der Waals surface area contributed by atoms with E-state index in [0.29, 0.717) is 6.04 Å². The quantitative estimate of drug-likeness (QED) is 0.839. The van der Waals surface area contributed by atoms with Gasteiger partial charge in [-0.15, -0.1) is 0 Å². The number of carboxylic acids is 1. The van der Waals surface area contributed by atoms with Crippen LogP contribution in [0.25, 0.3) is 0 Å². The Hall–Kier alpha value is -1.35. The van der Waals surface area contributed by atoms with Crippen molar-refractivity contribution in [2.75, 3.05) is 6.54 Å². The molecule has 17 heavy (non-hydrogen) atoms. The molecule has 1 aromatic carbocycles. The summed E-state index contributed by atoms with van der Waals surface area (Å²) in [6.07, 6.45) is 2.41. The zero-order valence-corrected chi connectivity index (χ0v) is 10.1. The molecule has 0 amide bonds. The predicted molar refractivity (Wildman–Crippen MR) is 67.0 cm³/mol. The first-order valence-electron chi connectivity index (χ1n) is 6.17. The minimum absolute atomic E-state index is 0.175. The molecule has 0 aliphatic carbocycles. The molecule has 2 N–H and O–H groups in total. The third-order valence-electron chi connectivity index (χ3n) is 3.41. The molecular weight excluding hydrogens is 214 g/mol. The predicted octanol–water partition coefficient (Wildman–Crippen LogP) is 1.99. The van der Waals surface area contributed by atoms with Crippen LogP contribution in [-0.4, -0.2) is 23.7 Å². The smallest absolute Gasteiger partial charge is 0.306 e. The van der Waals surface area contributed by atoms with E-state index < -0.39 is 5.97 Å². The van der Waals surface area contributed by atoms with Gasteiger partial charge in [-0.3, -0.25) is 4.79 Å². The molecule has 2 atom stereocenters. The number of hydrogen-bond acceptors (Lipinski definition) is 2. The summed E-state index contributed by atoms with van der Waals surface area (Å²) in [5.41, 5.74) is 2.54. The molecule has 1 fully saturated rings. The van der Waals surface area contributed by atoms with Crippen LogP contribution in [0.5, 0.6) is 0 Å². The zero-order valence-electron chi connectivity index (χ0n) is 10.1. The highest BCUT2D eigenvalue weighted by atomic mass is 16.4. The second-order valence-corrected chi connectivity index (χ2v) is 4.90. The molecule has 1 aliphatic heterocycles. The lowest BCUT2D eigenvalue weighted by Crippen LogP contribution is -2.41. The molecule has 1 saturated heterocycles. The summed E-state index contributed by atoms with van der Waals surface area (Å²) in [6.45, 7) is 2.89. The minimum Gasteiger partial charge on any atom is -0.481 e. The number of piperidine rings is 1. The van der Waals surface area contributed by atoms with E-state index in [1.54, 1.807) is 0 Å². The SMILES string of the molecule is Cc1cccc(CC2CC(C(=O)O)CCN2)c1. The van der Waals surface area contributed by atoms with E-state index in [1.807, 2.05) is 0 Å². The van der Waals surface area contributed by atoms with Crippen molar-refractivity contribution in [1.82, 2.24) is 5.32 Å².